The van der Waals surface area contributed by atoms with Crippen molar-refractivity contribution in [3.8, 4) is 0 Å². The first-order valence-electron chi connectivity index (χ1n) is 5.34. The summed E-state index contributed by atoms with van der Waals surface area (Å²) in [6.07, 6.45) is 0. The zero-order valence-electron chi connectivity index (χ0n) is 9.54. The van der Waals surface area contributed by atoms with E-state index in [2.05, 4.69) is 31.5 Å². The fourth-order valence-electron chi connectivity index (χ4n) is 1.55. The Hall–Kier alpha value is -0.0600. The molecule has 0 bridgehead atoms. The highest BCUT2D eigenvalue weighted by molar-refractivity contribution is 7.99. The molecule has 1 saturated heterocycles. The molecular weight excluding hydrogens is 224 g/mol. The van der Waals surface area contributed by atoms with Crippen LogP contribution in [-0.2, 0) is 5.41 Å². The van der Waals surface area contributed by atoms with E-state index in [1.165, 1.54) is 16.5 Å². The van der Waals surface area contributed by atoms with Gasteiger partial charge in [-0.05, 0) is 0 Å². The predicted molar refractivity (Wildman–Crippen MR) is 68.9 cm³/mol. The van der Waals surface area contributed by atoms with Crippen LogP contribution in [-0.4, -0.2) is 23.0 Å². The standard InChI is InChI=1S/C11H18N2S2/c1-11(2,3)10-13-9(7-15-10)8-6-14-5-4-12-8/h7-8,12H,4-6H2,1-3H3. The topological polar surface area (TPSA) is 24.9 Å². The van der Waals surface area contributed by atoms with Crippen LogP contribution in [0.5, 0.6) is 0 Å². The van der Waals surface area contributed by atoms with Crippen LogP contribution in [0.25, 0.3) is 0 Å². The summed E-state index contributed by atoms with van der Waals surface area (Å²) in [6, 6.07) is 0.469. The molecule has 0 aromatic carbocycles. The zero-order chi connectivity index (χ0) is 10.9. The van der Waals surface area contributed by atoms with E-state index in [4.69, 9.17) is 4.98 Å². The second-order valence-corrected chi connectivity index (χ2v) is 6.92. The maximum Gasteiger partial charge on any atom is 0.0982 e. The number of thiazole rings is 1. The molecule has 1 unspecified atom stereocenters. The Morgan fingerprint density at radius 2 is 2.27 bits per heavy atom. The number of nitrogens with zero attached hydrogens (tertiary/aromatic N) is 1. The van der Waals surface area contributed by atoms with Crippen molar-refractivity contribution in [3.63, 3.8) is 0 Å². The van der Waals surface area contributed by atoms with Gasteiger partial charge in [-0.25, -0.2) is 4.98 Å². The number of aromatic nitrogens is 1. The van der Waals surface area contributed by atoms with Crippen LogP contribution < -0.4 is 5.32 Å². The van der Waals surface area contributed by atoms with E-state index in [0.717, 1.165) is 12.3 Å². The van der Waals surface area contributed by atoms with Crippen LogP contribution in [0.3, 0.4) is 0 Å². The Kier molecular flexibility index (Phi) is 3.38. The van der Waals surface area contributed by atoms with Crippen molar-refractivity contribution in [1.29, 1.82) is 0 Å². The third-order valence-electron chi connectivity index (χ3n) is 2.44. The quantitative estimate of drug-likeness (QED) is 0.820. The number of thioether (sulfide) groups is 1. The molecule has 1 fully saturated rings. The van der Waals surface area contributed by atoms with Gasteiger partial charge in [-0.1, -0.05) is 20.8 Å². The lowest BCUT2D eigenvalue weighted by molar-refractivity contribution is 0.558. The van der Waals surface area contributed by atoms with Crippen LogP contribution in [0.4, 0.5) is 0 Å². The van der Waals surface area contributed by atoms with Crippen molar-refractivity contribution in [1.82, 2.24) is 10.3 Å². The molecule has 0 radical (unpaired) electrons. The van der Waals surface area contributed by atoms with Gasteiger partial charge < -0.3 is 5.32 Å². The maximum absolute atomic E-state index is 4.75. The minimum atomic E-state index is 0.185. The van der Waals surface area contributed by atoms with Crippen molar-refractivity contribution in [3.05, 3.63) is 16.1 Å². The van der Waals surface area contributed by atoms with Crippen LogP contribution >= 0.6 is 23.1 Å². The average Bonchev–Trinajstić information content (AvgIpc) is 2.67. The monoisotopic (exact) mass is 242 g/mol. The minimum Gasteiger partial charge on any atom is -0.307 e. The number of nitrogens with one attached hydrogen (secondary N) is 1. The van der Waals surface area contributed by atoms with E-state index in [0.29, 0.717) is 6.04 Å². The van der Waals surface area contributed by atoms with Gasteiger partial charge >= 0.3 is 0 Å². The third-order valence-corrected chi connectivity index (χ3v) is 4.79. The first kappa shape index (κ1) is 11.4. The van der Waals surface area contributed by atoms with Crippen molar-refractivity contribution < 1.29 is 0 Å². The summed E-state index contributed by atoms with van der Waals surface area (Å²) in [6.45, 7) is 7.77. The summed E-state index contributed by atoms with van der Waals surface area (Å²) < 4.78 is 0. The minimum absolute atomic E-state index is 0.185. The third kappa shape index (κ3) is 2.74. The molecule has 2 heterocycles. The van der Waals surface area contributed by atoms with Crippen molar-refractivity contribution in [2.45, 2.75) is 32.2 Å². The Labute approximate surface area is 99.9 Å². The van der Waals surface area contributed by atoms with Crippen molar-refractivity contribution >= 4 is 23.1 Å². The van der Waals surface area contributed by atoms with Crippen LogP contribution in [0.15, 0.2) is 5.38 Å². The summed E-state index contributed by atoms with van der Waals surface area (Å²) >= 11 is 3.81. The Morgan fingerprint density at radius 1 is 1.47 bits per heavy atom. The highest BCUT2D eigenvalue weighted by Crippen LogP contribution is 2.29. The fourth-order valence-corrected chi connectivity index (χ4v) is 3.46. The summed E-state index contributed by atoms with van der Waals surface area (Å²) in [5, 5.41) is 6.98. The molecule has 1 N–H and O–H groups in total. The van der Waals surface area contributed by atoms with Crippen LogP contribution in [0.1, 0.15) is 37.5 Å². The SMILES string of the molecule is CC(C)(C)c1nc(C2CSCCN2)cs1. The van der Waals surface area contributed by atoms with Crippen molar-refractivity contribution in [2.24, 2.45) is 0 Å². The summed E-state index contributed by atoms with van der Waals surface area (Å²) in [5.74, 6) is 2.39. The van der Waals surface area contributed by atoms with Crippen LogP contribution in [0.2, 0.25) is 0 Å². The van der Waals surface area contributed by atoms with Gasteiger partial charge in [-0.3, -0.25) is 0 Å². The highest BCUT2D eigenvalue weighted by Gasteiger charge is 2.22. The molecule has 1 aliphatic rings. The number of hydrogen-bond acceptors (Lipinski definition) is 4. The number of rotatable bonds is 1. The van der Waals surface area contributed by atoms with Gasteiger partial charge in [0.15, 0.2) is 0 Å². The van der Waals surface area contributed by atoms with Gasteiger partial charge in [0, 0.05) is 28.8 Å². The molecule has 1 atom stereocenters. The maximum atomic E-state index is 4.75. The molecule has 84 valence electrons. The molecule has 1 aromatic rings. The smallest absolute Gasteiger partial charge is 0.0982 e. The van der Waals surface area contributed by atoms with Gasteiger partial charge in [0.05, 0.1) is 16.7 Å². The number of hydrogen-bond donors (Lipinski definition) is 1. The molecule has 1 aromatic heterocycles. The second kappa shape index (κ2) is 4.44. The Bertz CT molecular complexity index is 322. The van der Waals surface area contributed by atoms with E-state index in [9.17, 15) is 0 Å². The second-order valence-electron chi connectivity index (χ2n) is 4.91. The molecule has 2 rings (SSSR count). The lowest BCUT2D eigenvalue weighted by Gasteiger charge is -2.21. The average molecular weight is 242 g/mol. The normalized spacial score (nSPS) is 23.0. The summed E-state index contributed by atoms with van der Waals surface area (Å²) in [5.41, 5.74) is 1.42. The molecule has 0 spiro atoms. The summed E-state index contributed by atoms with van der Waals surface area (Å²) in [7, 11) is 0. The first-order valence-corrected chi connectivity index (χ1v) is 7.38. The Balaban J connectivity index is 2.12. The van der Waals surface area contributed by atoms with E-state index >= 15 is 0 Å². The van der Waals surface area contributed by atoms with Gasteiger partial charge in [0.2, 0.25) is 0 Å². The summed E-state index contributed by atoms with van der Waals surface area (Å²) in [4.78, 5) is 4.75. The molecule has 4 heteroatoms. The largest absolute Gasteiger partial charge is 0.307 e. The van der Waals surface area contributed by atoms with E-state index in [1.54, 1.807) is 11.3 Å². The van der Waals surface area contributed by atoms with Gasteiger partial charge in [-0.2, -0.15) is 11.8 Å². The first-order chi connectivity index (χ1) is 7.07. The fraction of sp³-hybridized carbons (Fsp3) is 0.727. The van der Waals surface area contributed by atoms with E-state index in [1.807, 2.05) is 11.8 Å². The van der Waals surface area contributed by atoms with E-state index in [-0.39, 0.29) is 5.41 Å². The molecule has 1 aliphatic heterocycles. The van der Waals surface area contributed by atoms with Crippen molar-refractivity contribution in [2.75, 3.05) is 18.1 Å². The molecule has 0 saturated carbocycles. The van der Waals surface area contributed by atoms with Crippen LogP contribution in [0, 0.1) is 0 Å². The lowest BCUT2D eigenvalue weighted by atomic mass is 9.98. The molecular formula is C11H18N2S2. The molecule has 0 aliphatic carbocycles. The predicted octanol–water partition coefficient (Wildman–Crippen LogP) is 2.82. The Morgan fingerprint density at radius 3 is 2.80 bits per heavy atom. The highest BCUT2D eigenvalue weighted by atomic mass is 32.2. The van der Waals surface area contributed by atoms with E-state index < -0.39 is 0 Å². The lowest BCUT2D eigenvalue weighted by Crippen LogP contribution is -2.30. The molecule has 2 nitrogen and oxygen atoms in total. The molecule has 0 amide bonds. The van der Waals surface area contributed by atoms with Gasteiger partial charge in [-0.15, -0.1) is 11.3 Å². The zero-order valence-corrected chi connectivity index (χ0v) is 11.2. The molecule has 15 heavy (non-hydrogen) atoms. The van der Waals surface area contributed by atoms with Gasteiger partial charge in [0.25, 0.3) is 0 Å². The van der Waals surface area contributed by atoms with Gasteiger partial charge in [0.1, 0.15) is 0 Å².